The number of carbonyl (C=O) groups excluding carboxylic acids is 1. The van der Waals surface area contributed by atoms with Gasteiger partial charge >= 0.3 is 5.97 Å². The molecule has 0 radical (unpaired) electrons. The van der Waals surface area contributed by atoms with Gasteiger partial charge in [-0.2, -0.15) is 4.39 Å². The number of halogens is 3. The maximum absolute atomic E-state index is 14.2. The molecule has 1 aromatic carbocycles. The Labute approximate surface area is 142 Å². The summed E-state index contributed by atoms with van der Waals surface area (Å²) in [6, 6.07) is 5.34. The van der Waals surface area contributed by atoms with E-state index in [9.17, 15) is 14.0 Å². The molecule has 0 unspecified atom stereocenters. The van der Waals surface area contributed by atoms with Crippen molar-refractivity contribution in [1.29, 1.82) is 0 Å². The summed E-state index contributed by atoms with van der Waals surface area (Å²) in [5.74, 6) is -1.55. The van der Waals surface area contributed by atoms with Crippen LogP contribution in [-0.2, 0) is 11.3 Å². The van der Waals surface area contributed by atoms with Gasteiger partial charge < -0.3 is 9.30 Å². The average Bonchev–Trinajstić information content (AvgIpc) is 2.49. The van der Waals surface area contributed by atoms with Gasteiger partial charge in [0.15, 0.2) is 11.4 Å². The number of ether oxygens (including phenoxy) is 1. The van der Waals surface area contributed by atoms with Gasteiger partial charge in [-0.15, -0.1) is 0 Å². The fraction of sp³-hybridized carbons (Fsp3) is 0.250. The largest absolute Gasteiger partial charge is 0.462 e. The van der Waals surface area contributed by atoms with Gasteiger partial charge in [0, 0.05) is 18.2 Å². The Morgan fingerprint density at radius 2 is 1.91 bits per heavy atom. The molecule has 4 nitrogen and oxygen atoms in total. The Bertz CT molecular complexity index is 818. The number of esters is 1. The average molecular weight is 358 g/mol. The molecular formula is C16H14Cl2FNO3. The Kier molecular flexibility index (Phi) is 5.44. The fourth-order valence-electron chi connectivity index (χ4n) is 2.27. The topological polar surface area (TPSA) is 48.3 Å². The monoisotopic (exact) mass is 357 g/mol. The van der Waals surface area contributed by atoms with Gasteiger partial charge in [-0.1, -0.05) is 29.3 Å². The summed E-state index contributed by atoms with van der Waals surface area (Å²) in [5, 5.41) is 0.549. The first kappa shape index (κ1) is 17.5. The molecule has 0 saturated carbocycles. The van der Waals surface area contributed by atoms with Crippen LogP contribution in [0.5, 0.6) is 0 Å². The van der Waals surface area contributed by atoms with Crippen molar-refractivity contribution < 1.29 is 13.9 Å². The van der Waals surface area contributed by atoms with Crippen LogP contribution in [0.25, 0.3) is 11.3 Å². The van der Waals surface area contributed by atoms with Crippen LogP contribution < -0.4 is 5.43 Å². The third-order valence-electron chi connectivity index (χ3n) is 3.25. The van der Waals surface area contributed by atoms with E-state index < -0.39 is 17.3 Å². The van der Waals surface area contributed by atoms with Crippen molar-refractivity contribution in [3.63, 3.8) is 0 Å². The zero-order chi connectivity index (χ0) is 17.1. The predicted molar refractivity (Wildman–Crippen MR) is 87.7 cm³/mol. The van der Waals surface area contributed by atoms with Crippen molar-refractivity contribution >= 4 is 29.2 Å². The molecule has 0 bridgehead atoms. The van der Waals surface area contributed by atoms with Crippen molar-refractivity contribution in [1.82, 2.24) is 4.57 Å². The van der Waals surface area contributed by atoms with Crippen LogP contribution in [-0.4, -0.2) is 17.1 Å². The Hall–Kier alpha value is -1.85. The molecule has 0 spiro atoms. The predicted octanol–water partition coefficient (Wildman–Crippen LogP) is 4.16. The fourth-order valence-corrected chi connectivity index (χ4v) is 2.57. The van der Waals surface area contributed by atoms with E-state index in [1.807, 2.05) is 0 Å². The first-order valence-corrected chi connectivity index (χ1v) is 7.72. The van der Waals surface area contributed by atoms with Crippen LogP contribution in [0.4, 0.5) is 4.39 Å². The zero-order valence-electron chi connectivity index (χ0n) is 12.5. The van der Waals surface area contributed by atoms with Gasteiger partial charge in [0.2, 0.25) is 0 Å². The minimum absolute atomic E-state index is 0.0998. The molecule has 0 aliphatic rings. The Balaban J connectivity index is 2.84. The highest BCUT2D eigenvalue weighted by atomic mass is 35.5. The summed E-state index contributed by atoms with van der Waals surface area (Å²) in [7, 11) is 0. The number of pyridine rings is 1. The van der Waals surface area contributed by atoms with Gasteiger partial charge in [-0.05, 0) is 26.0 Å². The Morgan fingerprint density at radius 1 is 1.22 bits per heavy atom. The molecule has 1 heterocycles. The van der Waals surface area contributed by atoms with Gasteiger partial charge in [0.05, 0.1) is 22.3 Å². The van der Waals surface area contributed by atoms with Crippen molar-refractivity contribution in [2.45, 2.75) is 20.4 Å². The molecule has 23 heavy (non-hydrogen) atoms. The second-order valence-electron chi connectivity index (χ2n) is 4.65. The molecule has 0 aliphatic carbocycles. The van der Waals surface area contributed by atoms with Crippen LogP contribution in [0.2, 0.25) is 10.0 Å². The van der Waals surface area contributed by atoms with E-state index in [2.05, 4.69) is 0 Å². The zero-order valence-corrected chi connectivity index (χ0v) is 14.0. The lowest BCUT2D eigenvalue weighted by atomic mass is 10.0. The molecule has 2 rings (SSSR count). The van der Waals surface area contributed by atoms with Crippen LogP contribution in [0, 0.1) is 5.95 Å². The van der Waals surface area contributed by atoms with E-state index >= 15 is 0 Å². The summed E-state index contributed by atoms with van der Waals surface area (Å²) < 4.78 is 20.3. The molecule has 2 aromatic rings. The second kappa shape index (κ2) is 7.15. The van der Waals surface area contributed by atoms with E-state index in [4.69, 9.17) is 27.9 Å². The molecule has 0 fully saturated rings. The van der Waals surface area contributed by atoms with Gasteiger partial charge in [0.1, 0.15) is 5.56 Å². The first-order valence-electron chi connectivity index (χ1n) is 6.96. The van der Waals surface area contributed by atoms with Crippen LogP contribution >= 0.6 is 23.2 Å². The number of rotatable bonds is 4. The van der Waals surface area contributed by atoms with Crippen molar-refractivity contribution in [2.75, 3.05) is 6.61 Å². The maximum atomic E-state index is 14.2. The number of hydrogen-bond acceptors (Lipinski definition) is 3. The van der Waals surface area contributed by atoms with E-state index in [0.717, 1.165) is 6.07 Å². The molecule has 0 N–H and O–H groups in total. The summed E-state index contributed by atoms with van der Waals surface area (Å²) in [6.45, 7) is 3.64. The lowest BCUT2D eigenvalue weighted by molar-refractivity contribution is 0.0524. The van der Waals surface area contributed by atoms with Gasteiger partial charge in [-0.3, -0.25) is 4.79 Å². The third kappa shape index (κ3) is 3.41. The van der Waals surface area contributed by atoms with Crippen LogP contribution in [0.3, 0.4) is 0 Å². The third-order valence-corrected chi connectivity index (χ3v) is 3.99. The lowest BCUT2D eigenvalue weighted by Crippen LogP contribution is -2.24. The molecule has 1 aromatic heterocycles. The minimum atomic E-state index is -0.805. The first-order chi connectivity index (χ1) is 10.9. The lowest BCUT2D eigenvalue weighted by Gasteiger charge is -2.17. The van der Waals surface area contributed by atoms with Gasteiger partial charge in [0.25, 0.3) is 0 Å². The number of hydrogen-bond donors (Lipinski definition) is 0. The van der Waals surface area contributed by atoms with Gasteiger partial charge in [-0.25, -0.2) is 4.79 Å². The summed E-state index contributed by atoms with van der Waals surface area (Å²) in [6.07, 6.45) is 0. The number of carbonyl (C=O) groups is 1. The molecule has 0 aliphatic heterocycles. The maximum Gasteiger partial charge on any atom is 0.344 e. The number of nitrogens with zero attached hydrogens (tertiary/aromatic N) is 1. The SMILES string of the molecule is CCOC(=O)c1c(-c2ccc(Cl)c(Cl)c2)n(CC)c(F)cc1=O. The molecule has 7 heteroatoms. The molecule has 0 saturated heterocycles. The van der Waals surface area contributed by atoms with Crippen LogP contribution in [0.15, 0.2) is 29.1 Å². The van der Waals surface area contributed by atoms with Crippen molar-refractivity contribution in [3.8, 4) is 11.3 Å². The van der Waals surface area contributed by atoms with Crippen molar-refractivity contribution in [3.05, 3.63) is 56.0 Å². The van der Waals surface area contributed by atoms with E-state index in [1.54, 1.807) is 19.9 Å². The van der Waals surface area contributed by atoms with E-state index in [-0.39, 0.29) is 29.4 Å². The van der Waals surface area contributed by atoms with E-state index in [0.29, 0.717) is 10.6 Å². The summed E-state index contributed by atoms with van der Waals surface area (Å²) >= 11 is 11.9. The smallest absolute Gasteiger partial charge is 0.344 e. The quantitative estimate of drug-likeness (QED) is 0.609. The number of aromatic nitrogens is 1. The van der Waals surface area contributed by atoms with Crippen LogP contribution in [0.1, 0.15) is 24.2 Å². The molecule has 122 valence electrons. The normalized spacial score (nSPS) is 10.7. The minimum Gasteiger partial charge on any atom is -0.462 e. The Morgan fingerprint density at radius 3 is 2.48 bits per heavy atom. The molecule has 0 atom stereocenters. The summed E-state index contributed by atoms with van der Waals surface area (Å²) in [4.78, 5) is 24.3. The highest BCUT2D eigenvalue weighted by molar-refractivity contribution is 6.42. The standard InChI is InChI=1S/C16H14Cl2FNO3/c1-3-20-13(19)8-12(21)14(16(22)23-4-2)15(20)9-5-6-10(17)11(18)7-9/h5-8H,3-4H2,1-2H3. The second-order valence-corrected chi connectivity index (χ2v) is 5.46. The summed E-state index contributed by atoms with van der Waals surface area (Å²) in [5.41, 5.74) is -0.448. The van der Waals surface area contributed by atoms with E-state index in [1.165, 1.54) is 16.7 Å². The number of benzene rings is 1. The highest BCUT2D eigenvalue weighted by Gasteiger charge is 2.23. The molecular weight excluding hydrogens is 344 g/mol. The van der Waals surface area contributed by atoms with Crippen molar-refractivity contribution in [2.24, 2.45) is 0 Å². The molecule has 0 amide bonds. The highest BCUT2D eigenvalue weighted by Crippen LogP contribution is 2.30.